The monoisotopic (exact) mass is 333 g/mol. The molecule has 1 N–H and O–H groups in total. The molecule has 132 valence electrons. The SMILES string of the molecule is CCOc1ccc(CCC(=O)N2CCCC(CCC(=O)O)C2)cc1. The van der Waals surface area contributed by atoms with Gasteiger partial charge in [0.1, 0.15) is 5.75 Å². The highest BCUT2D eigenvalue weighted by Crippen LogP contribution is 2.22. The van der Waals surface area contributed by atoms with Crippen molar-refractivity contribution in [3.8, 4) is 5.75 Å². The van der Waals surface area contributed by atoms with Crippen LogP contribution in [-0.2, 0) is 16.0 Å². The molecule has 0 radical (unpaired) electrons. The van der Waals surface area contributed by atoms with E-state index in [9.17, 15) is 9.59 Å². The van der Waals surface area contributed by atoms with Gasteiger partial charge in [-0.3, -0.25) is 9.59 Å². The Morgan fingerprint density at radius 1 is 1.25 bits per heavy atom. The minimum absolute atomic E-state index is 0.170. The van der Waals surface area contributed by atoms with Crippen LogP contribution in [0.2, 0.25) is 0 Å². The molecule has 1 heterocycles. The Balaban J connectivity index is 1.77. The van der Waals surface area contributed by atoms with Crippen molar-refractivity contribution in [1.82, 2.24) is 4.90 Å². The Kier molecular flexibility index (Phi) is 7.09. The molecule has 0 bridgehead atoms. The van der Waals surface area contributed by atoms with E-state index in [1.165, 1.54) is 0 Å². The van der Waals surface area contributed by atoms with Gasteiger partial charge in [0.15, 0.2) is 0 Å². The normalized spacial score (nSPS) is 17.5. The maximum atomic E-state index is 12.4. The van der Waals surface area contributed by atoms with Crippen LogP contribution in [-0.4, -0.2) is 41.6 Å². The molecule has 1 atom stereocenters. The zero-order valence-electron chi connectivity index (χ0n) is 14.4. The number of ether oxygens (including phenoxy) is 1. The molecule has 0 aliphatic carbocycles. The highest BCUT2D eigenvalue weighted by atomic mass is 16.5. The first kappa shape index (κ1) is 18.3. The molecule has 1 aliphatic rings. The predicted octanol–water partition coefficient (Wildman–Crippen LogP) is 3.12. The van der Waals surface area contributed by atoms with Crippen LogP contribution in [0.3, 0.4) is 0 Å². The summed E-state index contributed by atoms with van der Waals surface area (Å²) in [5.41, 5.74) is 1.13. The number of nitrogens with zero attached hydrogens (tertiary/aromatic N) is 1. The van der Waals surface area contributed by atoms with Crippen molar-refractivity contribution in [1.29, 1.82) is 0 Å². The van der Waals surface area contributed by atoms with Gasteiger partial charge < -0.3 is 14.7 Å². The molecule has 1 unspecified atom stereocenters. The van der Waals surface area contributed by atoms with Gasteiger partial charge >= 0.3 is 5.97 Å². The van der Waals surface area contributed by atoms with E-state index < -0.39 is 5.97 Å². The lowest BCUT2D eigenvalue weighted by Crippen LogP contribution is -2.40. The largest absolute Gasteiger partial charge is 0.494 e. The minimum atomic E-state index is -0.756. The molecule has 1 saturated heterocycles. The first-order valence-corrected chi connectivity index (χ1v) is 8.79. The average molecular weight is 333 g/mol. The number of carbonyl (C=O) groups excluding carboxylic acids is 1. The third kappa shape index (κ3) is 5.87. The molecule has 1 fully saturated rings. The molecule has 1 aromatic rings. The summed E-state index contributed by atoms with van der Waals surface area (Å²) in [6, 6.07) is 7.88. The average Bonchev–Trinajstić information content (AvgIpc) is 2.59. The zero-order chi connectivity index (χ0) is 17.4. The molecular formula is C19H27NO4. The van der Waals surface area contributed by atoms with Crippen LogP contribution in [0.15, 0.2) is 24.3 Å². The molecule has 1 amide bonds. The molecular weight excluding hydrogens is 306 g/mol. The van der Waals surface area contributed by atoms with Crippen molar-refractivity contribution in [3.63, 3.8) is 0 Å². The molecule has 1 aromatic carbocycles. The number of carboxylic acids is 1. The van der Waals surface area contributed by atoms with Gasteiger partial charge in [-0.2, -0.15) is 0 Å². The standard InChI is InChI=1S/C19H27NO4/c1-2-24-17-9-5-15(6-10-17)7-11-18(21)20-13-3-4-16(14-20)8-12-19(22)23/h5-6,9-10,16H,2-4,7-8,11-14H2,1H3,(H,22,23). The fourth-order valence-electron chi connectivity index (χ4n) is 3.18. The predicted molar refractivity (Wildman–Crippen MR) is 92.1 cm³/mol. The summed E-state index contributed by atoms with van der Waals surface area (Å²) in [5.74, 6) is 0.590. The van der Waals surface area contributed by atoms with Crippen molar-refractivity contribution in [3.05, 3.63) is 29.8 Å². The van der Waals surface area contributed by atoms with Crippen LogP contribution >= 0.6 is 0 Å². The van der Waals surface area contributed by atoms with Gasteiger partial charge in [-0.15, -0.1) is 0 Å². The van der Waals surface area contributed by atoms with Gasteiger partial charge in [-0.05, 0) is 56.2 Å². The molecule has 2 rings (SSSR count). The van der Waals surface area contributed by atoms with E-state index >= 15 is 0 Å². The Hall–Kier alpha value is -2.04. The lowest BCUT2D eigenvalue weighted by atomic mass is 9.93. The van der Waals surface area contributed by atoms with Crippen molar-refractivity contribution < 1.29 is 19.4 Å². The van der Waals surface area contributed by atoms with E-state index in [1.807, 2.05) is 36.1 Å². The van der Waals surface area contributed by atoms with Gasteiger partial charge in [-0.1, -0.05) is 12.1 Å². The molecule has 5 nitrogen and oxygen atoms in total. The van der Waals surface area contributed by atoms with E-state index in [-0.39, 0.29) is 12.3 Å². The second-order valence-electron chi connectivity index (χ2n) is 6.36. The van der Waals surface area contributed by atoms with Crippen LogP contribution in [0.4, 0.5) is 0 Å². The Bertz CT molecular complexity index is 541. The van der Waals surface area contributed by atoms with E-state index in [0.717, 1.165) is 37.1 Å². The zero-order valence-corrected chi connectivity index (χ0v) is 14.4. The first-order valence-electron chi connectivity index (χ1n) is 8.79. The van der Waals surface area contributed by atoms with E-state index in [0.29, 0.717) is 31.9 Å². The number of rotatable bonds is 8. The summed E-state index contributed by atoms with van der Waals surface area (Å²) in [7, 11) is 0. The van der Waals surface area contributed by atoms with Crippen molar-refractivity contribution in [2.75, 3.05) is 19.7 Å². The smallest absolute Gasteiger partial charge is 0.303 e. The van der Waals surface area contributed by atoms with Crippen molar-refractivity contribution in [2.45, 2.75) is 45.4 Å². The number of likely N-dealkylation sites (tertiary alicyclic amines) is 1. The number of amides is 1. The maximum Gasteiger partial charge on any atom is 0.303 e. The molecule has 1 aliphatic heterocycles. The molecule has 5 heteroatoms. The summed E-state index contributed by atoms with van der Waals surface area (Å²) in [6.45, 7) is 4.10. The summed E-state index contributed by atoms with van der Waals surface area (Å²) in [6.07, 6.45) is 4.08. The second kappa shape index (κ2) is 9.30. The maximum absolute atomic E-state index is 12.4. The third-order valence-corrected chi connectivity index (χ3v) is 4.50. The Morgan fingerprint density at radius 2 is 2.00 bits per heavy atom. The fraction of sp³-hybridized carbons (Fsp3) is 0.579. The van der Waals surface area contributed by atoms with Crippen LogP contribution < -0.4 is 4.74 Å². The summed E-state index contributed by atoms with van der Waals surface area (Å²) < 4.78 is 5.42. The fourth-order valence-corrected chi connectivity index (χ4v) is 3.18. The summed E-state index contributed by atoms with van der Waals surface area (Å²) >= 11 is 0. The van der Waals surface area contributed by atoms with E-state index in [4.69, 9.17) is 9.84 Å². The first-order chi connectivity index (χ1) is 11.6. The number of benzene rings is 1. The summed E-state index contributed by atoms with van der Waals surface area (Å²) in [4.78, 5) is 25.0. The van der Waals surface area contributed by atoms with E-state index in [2.05, 4.69) is 0 Å². The van der Waals surface area contributed by atoms with Gasteiger partial charge in [0.05, 0.1) is 6.61 Å². The number of hydrogen-bond donors (Lipinski definition) is 1. The third-order valence-electron chi connectivity index (χ3n) is 4.50. The molecule has 0 spiro atoms. The molecule has 0 saturated carbocycles. The van der Waals surface area contributed by atoms with Gasteiger partial charge in [-0.25, -0.2) is 0 Å². The lowest BCUT2D eigenvalue weighted by Gasteiger charge is -2.32. The Labute approximate surface area is 143 Å². The number of aryl methyl sites for hydroxylation is 1. The molecule has 24 heavy (non-hydrogen) atoms. The highest BCUT2D eigenvalue weighted by Gasteiger charge is 2.23. The quantitative estimate of drug-likeness (QED) is 0.794. The summed E-state index contributed by atoms with van der Waals surface area (Å²) in [5, 5.41) is 8.79. The lowest BCUT2D eigenvalue weighted by molar-refractivity contribution is -0.137. The number of aliphatic carboxylic acids is 1. The Morgan fingerprint density at radius 3 is 2.67 bits per heavy atom. The van der Waals surface area contributed by atoms with Crippen LogP contribution in [0.1, 0.15) is 44.6 Å². The number of carboxylic acid groups (broad SMARTS) is 1. The van der Waals surface area contributed by atoms with Crippen molar-refractivity contribution >= 4 is 11.9 Å². The van der Waals surface area contributed by atoms with Crippen LogP contribution in [0.5, 0.6) is 5.75 Å². The van der Waals surface area contributed by atoms with Crippen LogP contribution in [0, 0.1) is 5.92 Å². The van der Waals surface area contributed by atoms with Gasteiger partial charge in [0, 0.05) is 25.9 Å². The highest BCUT2D eigenvalue weighted by molar-refractivity contribution is 5.76. The number of hydrogen-bond acceptors (Lipinski definition) is 3. The second-order valence-corrected chi connectivity index (χ2v) is 6.36. The van der Waals surface area contributed by atoms with E-state index in [1.54, 1.807) is 0 Å². The number of piperidine rings is 1. The van der Waals surface area contributed by atoms with Gasteiger partial charge in [0.25, 0.3) is 0 Å². The van der Waals surface area contributed by atoms with Gasteiger partial charge in [0.2, 0.25) is 5.91 Å². The topological polar surface area (TPSA) is 66.8 Å². The minimum Gasteiger partial charge on any atom is -0.494 e. The van der Waals surface area contributed by atoms with Crippen LogP contribution in [0.25, 0.3) is 0 Å². The molecule has 0 aromatic heterocycles. The van der Waals surface area contributed by atoms with Crippen molar-refractivity contribution in [2.24, 2.45) is 5.92 Å². The number of carbonyl (C=O) groups is 2.